The van der Waals surface area contributed by atoms with Crippen molar-refractivity contribution in [3.63, 3.8) is 0 Å². The largest absolute Gasteiger partial charge is 0.486 e. The smallest absolute Gasteiger partial charge is 0.161 e. The lowest BCUT2D eigenvalue weighted by Crippen LogP contribution is -2.23. The summed E-state index contributed by atoms with van der Waals surface area (Å²) in [5.41, 5.74) is 2.28. The Hall–Kier alpha value is -2.07. The van der Waals surface area contributed by atoms with Crippen molar-refractivity contribution in [2.24, 2.45) is 0 Å². The third kappa shape index (κ3) is 3.04. The summed E-state index contributed by atoms with van der Waals surface area (Å²) < 4.78 is 24.7. The Bertz CT molecular complexity index is 704. The predicted molar refractivity (Wildman–Crippen MR) is 86.2 cm³/mol. The standard InChI is InChI=1S/C19H20FNO2/c20-16-4-1-3-14(11-16)13-21-8-2-5-17(21)15-6-7-18-19(12-15)23-10-9-22-18/h1,3-4,6-7,11-12,17H,2,5,8-10,13H2. The predicted octanol–water partition coefficient (Wildman–Crippen LogP) is 3.93. The molecule has 0 bridgehead atoms. The molecule has 0 aliphatic carbocycles. The molecule has 0 N–H and O–H groups in total. The molecule has 2 aromatic carbocycles. The van der Waals surface area contributed by atoms with Gasteiger partial charge in [-0.2, -0.15) is 0 Å². The van der Waals surface area contributed by atoms with Gasteiger partial charge in [0.15, 0.2) is 11.5 Å². The van der Waals surface area contributed by atoms with Gasteiger partial charge in [0, 0.05) is 12.6 Å². The Morgan fingerprint density at radius 2 is 1.91 bits per heavy atom. The van der Waals surface area contributed by atoms with Gasteiger partial charge >= 0.3 is 0 Å². The van der Waals surface area contributed by atoms with E-state index in [2.05, 4.69) is 17.0 Å². The molecule has 2 aliphatic heterocycles. The lowest BCUT2D eigenvalue weighted by atomic mass is 10.0. The van der Waals surface area contributed by atoms with E-state index < -0.39 is 0 Å². The van der Waals surface area contributed by atoms with Crippen molar-refractivity contribution < 1.29 is 13.9 Å². The van der Waals surface area contributed by atoms with Gasteiger partial charge in [-0.05, 0) is 54.8 Å². The van der Waals surface area contributed by atoms with E-state index >= 15 is 0 Å². The number of ether oxygens (including phenoxy) is 2. The van der Waals surface area contributed by atoms with Crippen molar-refractivity contribution in [3.05, 3.63) is 59.4 Å². The third-order valence-electron chi connectivity index (χ3n) is 4.59. The highest BCUT2D eigenvalue weighted by Crippen LogP contribution is 2.38. The molecule has 2 aromatic rings. The molecule has 4 heteroatoms. The van der Waals surface area contributed by atoms with E-state index in [0.717, 1.165) is 43.0 Å². The highest BCUT2D eigenvalue weighted by atomic mass is 19.1. The fourth-order valence-corrected chi connectivity index (χ4v) is 3.53. The molecule has 23 heavy (non-hydrogen) atoms. The molecule has 120 valence electrons. The minimum Gasteiger partial charge on any atom is -0.486 e. The zero-order valence-corrected chi connectivity index (χ0v) is 13.0. The minimum atomic E-state index is -0.169. The van der Waals surface area contributed by atoms with Crippen LogP contribution in [0.5, 0.6) is 11.5 Å². The van der Waals surface area contributed by atoms with Crippen LogP contribution in [-0.4, -0.2) is 24.7 Å². The summed E-state index contributed by atoms with van der Waals surface area (Å²) in [4.78, 5) is 2.42. The van der Waals surface area contributed by atoms with Gasteiger partial charge in [-0.25, -0.2) is 4.39 Å². The summed E-state index contributed by atoms with van der Waals surface area (Å²) >= 11 is 0. The first-order valence-corrected chi connectivity index (χ1v) is 8.18. The van der Waals surface area contributed by atoms with Crippen LogP contribution in [0.4, 0.5) is 4.39 Å². The number of nitrogens with zero attached hydrogens (tertiary/aromatic N) is 1. The minimum absolute atomic E-state index is 0.169. The Labute approximate surface area is 135 Å². The zero-order valence-electron chi connectivity index (χ0n) is 13.0. The molecule has 0 radical (unpaired) electrons. The first kappa shape index (κ1) is 14.5. The van der Waals surface area contributed by atoms with E-state index in [1.54, 1.807) is 12.1 Å². The lowest BCUT2D eigenvalue weighted by Gasteiger charge is -2.26. The number of benzene rings is 2. The van der Waals surface area contributed by atoms with Gasteiger partial charge < -0.3 is 9.47 Å². The summed E-state index contributed by atoms with van der Waals surface area (Å²) in [6.07, 6.45) is 2.28. The molecule has 0 saturated carbocycles. The van der Waals surface area contributed by atoms with Crippen LogP contribution in [0.1, 0.15) is 30.0 Å². The molecular weight excluding hydrogens is 293 g/mol. The Morgan fingerprint density at radius 3 is 2.78 bits per heavy atom. The van der Waals surface area contributed by atoms with Crippen molar-refractivity contribution in [2.75, 3.05) is 19.8 Å². The molecule has 2 heterocycles. The number of rotatable bonds is 3. The monoisotopic (exact) mass is 313 g/mol. The zero-order chi connectivity index (χ0) is 15.6. The quantitative estimate of drug-likeness (QED) is 0.857. The average molecular weight is 313 g/mol. The van der Waals surface area contributed by atoms with Crippen LogP contribution in [0.15, 0.2) is 42.5 Å². The second-order valence-electron chi connectivity index (χ2n) is 6.16. The van der Waals surface area contributed by atoms with Crippen molar-refractivity contribution >= 4 is 0 Å². The van der Waals surface area contributed by atoms with E-state index in [1.807, 2.05) is 12.1 Å². The van der Waals surface area contributed by atoms with E-state index in [1.165, 1.54) is 11.6 Å². The van der Waals surface area contributed by atoms with Crippen molar-refractivity contribution in [1.82, 2.24) is 4.90 Å². The lowest BCUT2D eigenvalue weighted by molar-refractivity contribution is 0.170. The van der Waals surface area contributed by atoms with Gasteiger partial charge in [0.05, 0.1) is 0 Å². The van der Waals surface area contributed by atoms with Gasteiger partial charge in [-0.15, -0.1) is 0 Å². The molecule has 0 spiro atoms. The van der Waals surface area contributed by atoms with Gasteiger partial charge in [0.1, 0.15) is 19.0 Å². The van der Waals surface area contributed by atoms with Crippen LogP contribution in [0.2, 0.25) is 0 Å². The maximum absolute atomic E-state index is 13.4. The summed E-state index contributed by atoms with van der Waals surface area (Å²) in [7, 11) is 0. The van der Waals surface area contributed by atoms with E-state index in [9.17, 15) is 4.39 Å². The number of halogens is 1. The molecule has 1 fully saturated rings. The Kier molecular flexibility index (Phi) is 3.92. The van der Waals surface area contributed by atoms with Crippen LogP contribution in [-0.2, 0) is 6.54 Å². The SMILES string of the molecule is Fc1cccc(CN2CCCC2c2ccc3c(c2)OCCO3)c1. The summed E-state index contributed by atoms with van der Waals surface area (Å²) in [6.45, 7) is 3.03. The van der Waals surface area contributed by atoms with Crippen molar-refractivity contribution in [3.8, 4) is 11.5 Å². The second kappa shape index (κ2) is 6.20. The molecule has 0 aromatic heterocycles. The molecule has 3 nitrogen and oxygen atoms in total. The summed E-state index contributed by atoms with van der Waals surface area (Å²) in [5.74, 6) is 1.50. The molecular formula is C19H20FNO2. The highest BCUT2D eigenvalue weighted by molar-refractivity contribution is 5.44. The number of likely N-dealkylation sites (tertiary alicyclic amines) is 1. The maximum atomic E-state index is 13.4. The van der Waals surface area contributed by atoms with Crippen LogP contribution in [0.25, 0.3) is 0 Å². The van der Waals surface area contributed by atoms with Crippen LogP contribution >= 0.6 is 0 Å². The fraction of sp³-hybridized carbons (Fsp3) is 0.368. The average Bonchev–Trinajstić information content (AvgIpc) is 3.02. The van der Waals surface area contributed by atoms with Gasteiger partial charge in [-0.3, -0.25) is 4.90 Å². The van der Waals surface area contributed by atoms with Crippen LogP contribution in [0, 0.1) is 5.82 Å². The number of fused-ring (bicyclic) bond motifs is 1. The van der Waals surface area contributed by atoms with Crippen molar-refractivity contribution in [2.45, 2.75) is 25.4 Å². The fourth-order valence-electron chi connectivity index (χ4n) is 3.53. The van der Waals surface area contributed by atoms with Crippen molar-refractivity contribution in [1.29, 1.82) is 0 Å². The summed E-state index contributed by atoms with van der Waals surface area (Å²) in [6, 6.07) is 13.5. The number of hydrogen-bond donors (Lipinski definition) is 0. The molecule has 2 aliphatic rings. The first-order chi connectivity index (χ1) is 11.3. The van der Waals surface area contributed by atoms with Crippen LogP contribution in [0.3, 0.4) is 0 Å². The molecule has 4 rings (SSSR count). The normalized spacial score (nSPS) is 20.7. The van der Waals surface area contributed by atoms with E-state index in [-0.39, 0.29) is 5.82 Å². The Balaban J connectivity index is 1.55. The first-order valence-electron chi connectivity index (χ1n) is 8.18. The third-order valence-corrected chi connectivity index (χ3v) is 4.59. The Morgan fingerprint density at radius 1 is 1.04 bits per heavy atom. The summed E-state index contributed by atoms with van der Waals surface area (Å²) in [5, 5.41) is 0. The number of hydrogen-bond acceptors (Lipinski definition) is 3. The van der Waals surface area contributed by atoms with Crippen LogP contribution < -0.4 is 9.47 Å². The molecule has 0 amide bonds. The van der Waals surface area contributed by atoms with Gasteiger partial charge in [-0.1, -0.05) is 18.2 Å². The molecule has 1 unspecified atom stereocenters. The van der Waals surface area contributed by atoms with Gasteiger partial charge in [0.2, 0.25) is 0 Å². The topological polar surface area (TPSA) is 21.7 Å². The molecule has 1 atom stereocenters. The van der Waals surface area contributed by atoms with E-state index in [0.29, 0.717) is 19.3 Å². The maximum Gasteiger partial charge on any atom is 0.161 e. The molecule has 1 saturated heterocycles. The van der Waals surface area contributed by atoms with E-state index in [4.69, 9.17) is 9.47 Å². The highest BCUT2D eigenvalue weighted by Gasteiger charge is 2.27. The second-order valence-corrected chi connectivity index (χ2v) is 6.16. The van der Waals surface area contributed by atoms with Gasteiger partial charge in [0.25, 0.3) is 0 Å².